The molecule has 2 amide bonds. The van der Waals surface area contributed by atoms with E-state index < -0.39 is 28.5 Å². The zero-order valence-electron chi connectivity index (χ0n) is 27.2. The van der Waals surface area contributed by atoms with Crippen LogP contribution in [0.5, 0.6) is 11.5 Å². The Balaban J connectivity index is 1.40. The van der Waals surface area contributed by atoms with Crippen molar-refractivity contribution in [1.82, 2.24) is 10.2 Å². The van der Waals surface area contributed by atoms with E-state index in [-0.39, 0.29) is 35.5 Å². The van der Waals surface area contributed by atoms with E-state index in [1.807, 2.05) is 54.6 Å². The number of anilines is 1. The molecule has 1 atom stereocenters. The maximum atomic E-state index is 14.8. The zero-order valence-corrected chi connectivity index (χ0v) is 29.6. The largest absolute Gasteiger partial charge is 0.486 e. The first-order chi connectivity index (χ1) is 23.8. The first-order valence-electron chi connectivity index (χ1n) is 16.6. The molecule has 1 N–H and O–H groups in total. The SMILES string of the molecule is O=C(NC1CCCCC1)C(Cc1ccccc1)N(Cc1cccc(Br)c1)C(=O)CN(c1ccc2c(c1)OCCO2)S(=O)(=O)c1ccccc1. The minimum atomic E-state index is -4.23. The van der Waals surface area contributed by atoms with Crippen molar-refractivity contribution in [3.05, 3.63) is 119 Å². The van der Waals surface area contributed by atoms with E-state index in [1.54, 1.807) is 36.4 Å². The number of nitrogens with zero attached hydrogens (tertiary/aromatic N) is 2. The van der Waals surface area contributed by atoms with Crippen LogP contribution in [-0.4, -0.2) is 57.0 Å². The van der Waals surface area contributed by atoms with Gasteiger partial charge in [-0.05, 0) is 60.4 Å². The summed E-state index contributed by atoms with van der Waals surface area (Å²) >= 11 is 3.54. The van der Waals surface area contributed by atoms with Gasteiger partial charge >= 0.3 is 0 Å². The van der Waals surface area contributed by atoms with E-state index in [9.17, 15) is 18.0 Å². The van der Waals surface area contributed by atoms with Crippen LogP contribution in [0.4, 0.5) is 5.69 Å². The highest BCUT2D eigenvalue weighted by molar-refractivity contribution is 9.10. The predicted molar refractivity (Wildman–Crippen MR) is 192 cm³/mol. The summed E-state index contributed by atoms with van der Waals surface area (Å²) in [5.74, 6) is 0.117. The lowest BCUT2D eigenvalue weighted by Crippen LogP contribution is -2.55. The smallest absolute Gasteiger partial charge is 0.264 e. The second-order valence-electron chi connectivity index (χ2n) is 12.4. The van der Waals surface area contributed by atoms with Crippen molar-refractivity contribution in [2.24, 2.45) is 0 Å². The van der Waals surface area contributed by atoms with E-state index >= 15 is 0 Å². The van der Waals surface area contributed by atoms with Crippen molar-refractivity contribution in [2.45, 2.75) is 62.0 Å². The van der Waals surface area contributed by atoms with Gasteiger partial charge in [0.2, 0.25) is 11.8 Å². The Morgan fingerprint density at radius 1 is 0.796 bits per heavy atom. The summed E-state index contributed by atoms with van der Waals surface area (Å²) in [7, 11) is -4.23. The van der Waals surface area contributed by atoms with Crippen molar-refractivity contribution in [2.75, 3.05) is 24.1 Å². The first kappa shape index (κ1) is 34.5. The maximum absolute atomic E-state index is 14.8. The molecule has 1 aliphatic carbocycles. The van der Waals surface area contributed by atoms with Gasteiger partial charge in [-0.15, -0.1) is 0 Å². The number of rotatable bonds is 12. The summed E-state index contributed by atoms with van der Waals surface area (Å²) in [6.45, 7) is 0.243. The number of hydrogen-bond donors (Lipinski definition) is 1. The third-order valence-electron chi connectivity index (χ3n) is 8.89. The van der Waals surface area contributed by atoms with E-state index in [4.69, 9.17) is 9.47 Å². The molecule has 4 aromatic rings. The van der Waals surface area contributed by atoms with Crippen LogP contribution in [0.1, 0.15) is 43.2 Å². The predicted octanol–water partition coefficient (Wildman–Crippen LogP) is 6.50. The highest BCUT2D eigenvalue weighted by atomic mass is 79.9. The highest BCUT2D eigenvalue weighted by Gasteiger charge is 2.36. The molecule has 1 saturated carbocycles. The lowest BCUT2D eigenvalue weighted by atomic mass is 9.94. The van der Waals surface area contributed by atoms with E-state index in [0.717, 1.165) is 52.0 Å². The molecule has 256 valence electrons. The molecular weight excluding hydrogens is 706 g/mol. The van der Waals surface area contributed by atoms with Crippen molar-refractivity contribution >= 4 is 43.5 Å². The second kappa shape index (κ2) is 15.9. The number of benzene rings is 4. The van der Waals surface area contributed by atoms with Crippen LogP contribution in [0.25, 0.3) is 0 Å². The molecule has 0 bridgehead atoms. The summed E-state index contributed by atoms with van der Waals surface area (Å²) in [6.07, 6.45) is 5.24. The Bertz CT molecular complexity index is 1850. The summed E-state index contributed by atoms with van der Waals surface area (Å²) in [6, 6.07) is 29.1. The average Bonchev–Trinajstić information content (AvgIpc) is 3.13. The molecule has 1 heterocycles. The zero-order chi connectivity index (χ0) is 34.2. The Hall–Kier alpha value is -4.35. The molecule has 0 saturated heterocycles. The Kier molecular flexibility index (Phi) is 11.2. The highest BCUT2D eigenvalue weighted by Crippen LogP contribution is 2.36. The fourth-order valence-corrected chi connectivity index (χ4v) is 8.24. The number of hydrogen-bond acceptors (Lipinski definition) is 6. The van der Waals surface area contributed by atoms with Crippen LogP contribution >= 0.6 is 15.9 Å². The van der Waals surface area contributed by atoms with Gasteiger partial charge in [-0.2, -0.15) is 0 Å². The maximum Gasteiger partial charge on any atom is 0.264 e. The summed E-state index contributed by atoms with van der Waals surface area (Å²) in [5.41, 5.74) is 1.93. The number of carbonyl (C=O) groups is 2. The van der Waals surface area contributed by atoms with E-state index in [0.29, 0.717) is 24.7 Å². The van der Waals surface area contributed by atoms with Gasteiger partial charge in [0.05, 0.1) is 10.6 Å². The second-order valence-corrected chi connectivity index (χ2v) is 15.1. The molecule has 2 aliphatic rings. The summed E-state index contributed by atoms with van der Waals surface area (Å²) < 4.78 is 42.0. The molecule has 6 rings (SSSR count). The van der Waals surface area contributed by atoms with Crippen LogP contribution in [0.2, 0.25) is 0 Å². The van der Waals surface area contributed by atoms with Crippen molar-refractivity contribution in [1.29, 1.82) is 0 Å². The van der Waals surface area contributed by atoms with Crippen LogP contribution in [0.15, 0.2) is 112 Å². The number of fused-ring (bicyclic) bond motifs is 1. The lowest BCUT2D eigenvalue weighted by molar-refractivity contribution is -0.140. The van der Waals surface area contributed by atoms with Crippen LogP contribution in [0.3, 0.4) is 0 Å². The molecule has 0 aromatic heterocycles. The first-order valence-corrected chi connectivity index (χ1v) is 18.9. The minimum Gasteiger partial charge on any atom is -0.486 e. The van der Waals surface area contributed by atoms with Gasteiger partial charge < -0.3 is 19.7 Å². The number of ether oxygens (including phenoxy) is 2. The summed E-state index contributed by atoms with van der Waals surface area (Å²) in [4.78, 5) is 30.6. The number of sulfonamides is 1. The molecule has 1 aliphatic heterocycles. The number of halogens is 1. The molecule has 1 unspecified atom stereocenters. The minimum absolute atomic E-state index is 0.0232. The molecule has 4 aromatic carbocycles. The molecule has 0 spiro atoms. The van der Waals surface area contributed by atoms with Crippen LogP contribution in [-0.2, 0) is 32.6 Å². The number of carbonyl (C=O) groups excluding carboxylic acids is 2. The van der Waals surface area contributed by atoms with Crippen molar-refractivity contribution in [3.8, 4) is 11.5 Å². The normalized spacial score (nSPS) is 15.2. The van der Waals surface area contributed by atoms with Gasteiger partial charge in [0.25, 0.3) is 10.0 Å². The van der Waals surface area contributed by atoms with Gasteiger partial charge in [-0.25, -0.2) is 8.42 Å². The third-order valence-corrected chi connectivity index (χ3v) is 11.2. The van der Waals surface area contributed by atoms with E-state index in [1.165, 1.54) is 17.0 Å². The average molecular weight is 747 g/mol. The Labute approximate surface area is 296 Å². The standard InChI is InChI=1S/C38H40BrN3O6S/c39-30-14-10-13-29(23-30)26-41(34(24-28-11-4-1-5-12-28)38(44)40-31-15-6-2-7-16-31)37(43)27-42(49(45,46)33-17-8-3-9-18-33)32-19-20-35-36(25-32)48-22-21-47-35/h1,3-5,8-14,17-20,23,25,31,34H,2,6-7,15-16,21-22,24,26-27H2,(H,40,44). The molecule has 9 nitrogen and oxygen atoms in total. The van der Waals surface area contributed by atoms with Gasteiger partial charge in [0.1, 0.15) is 25.8 Å². The molecular formula is C38H40BrN3O6S. The molecule has 1 fully saturated rings. The summed E-state index contributed by atoms with van der Waals surface area (Å²) in [5, 5.41) is 3.24. The lowest BCUT2D eigenvalue weighted by Gasteiger charge is -2.35. The Morgan fingerprint density at radius 3 is 2.18 bits per heavy atom. The van der Waals surface area contributed by atoms with Crippen molar-refractivity contribution < 1.29 is 27.5 Å². The van der Waals surface area contributed by atoms with Gasteiger partial charge in [0.15, 0.2) is 11.5 Å². The van der Waals surface area contributed by atoms with Gasteiger partial charge in [-0.3, -0.25) is 13.9 Å². The quantitative estimate of drug-likeness (QED) is 0.178. The third kappa shape index (κ3) is 8.63. The number of amides is 2. The van der Waals surface area contributed by atoms with Gasteiger partial charge in [0, 0.05) is 29.5 Å². The Morgan fingerprint density at radius 2 is 1.47 bits per heavy atom. The van der Waals surface area contributed by atoms with Crippen LogP contribution < -0.4 is 19.1 Å². The molecule has 11 heteroatoms. The molecule has 49 heavy (non-hydrogen) atoms. The monoisotopic (exact) mass is 745 g/mol. The van der Waals surface area contributed by atoms with Gasteiger partial charge in [-0.1, -0.05) is 95.9 Å². The van der Waals surface area contributed by atoms with E-state index in [2.05, 4.69) is 21.2 Å². The van der Waals surface area contributed by atoms with Crippen molar-refractivity contribution in [3.63, 3.8) is 0 Å². The fraction of sp³-hybridized carbons (Fsp3) is 0.316. The van der Waals surface area contributed by atoms with Crippen LogP contribution in [0, 0.1) is 0 Å². The number of nitrogens with one attached hydrogen (secondary N) is 1. The topological polar surface area (TPSA) is 105 Å². The molecule has 0 radical (unpaired) electrons. The fourth-order valence-electron chi connectivity index (χ4n) is 6.37.